The van der Waals surface area contributed by atoms with Gasteiger partial charge in [0.25, 0.3) is 0 Å². The maximum atomic E-state index is 12.4. The molecule has 0 saturated carbocycles. The molecule has 3 atom stereocenters. The number of amides is 2. The van der Waals surface area contributed by atoms with E-state index < -0.39 is 24.0 Å². The molecular weight excluding hydrogens is 436 g/mol. The van der Waals surface area contributed by atoms with Crippen LogP contribution in [0.3, 0.4) is 0 Å². The van der Waals surface area contributed by atoms with E-state index in [9.17, 15) is 19.5 Å². The van der Waals surface area contributed by atoms with Crippen LogP contribution >= 0.6 is 0 Å². The molecule has 178 valence electrons. The highest BCUT2D eigenvalue weighted by molar-refractivity contribution is 5.85. The molecule has 1 aliphatic carbocycles. The summed E-state index contributed by atoms with van der Waals surface area (Å²) in [5.74, 6) is -1.98. The van der Waals surface area contributed by atoms with E-state index in [1.807, 2.05) is 24.3 Å². The number of nitrogens with one attached hydrogen (secondary N) is 2. The molecule has 2 aromatic carbocycles. The normalized spacial score (nSPS) is 19.5. The Morgan fingerprint density at radius 1 is 1.12 bits per heavy atom. The Hall–Kier alpha value is -3.65. The summed E-state index contributed by atoms with van der Waals surface area (Å²) in [5, 5.41) is 14.4. The Labute approximate surface area is 198 Å². The van der Waals surface area contributed by atoms with Gasteiger partial charge in [0.1, 0.15) is 12.6 Å². The van der Waals surface area contributed by atoms with Crippen LogP contribution < -0.4 is 10.6 Å². The van der Waals surface area contributed by atoms with Crippen molar-refractivity contribution in [3.05, 3.63) is 72.3 Å². The summed E-state index contributed by atoms with van der Waals surface area (Å²) < 4.78 is 11.1. The van der Waals surface area contributed by atoms with E-state index in [0.717, 1.165) is 22.3 Å². The van der Waals surface area contributed by atoms with Gasteiger partial charge in [-0.3, -0.25) is 4.79 Å². The Balaban J connectivity index is 1.24. The summed E-state index contributed by atoms with van der Waals surface area (Å²) >= 11 is 0. The Kier molecular flexibility index (Phi) is 7.27. The third kappa shape index (κ3) is 5.12. The lowest BCUT2D eigenvalue weighted by atomic mass is 9.98. The van der Waals surface area contributed by atoms with Crippen LogP contribution in [0.1, 0.15) is 29.9 Å². The van der Waals surface area contributed by atoms with Crippen LogP contribution in [0.5, 0.6) is 0 Å². The van der Waals surface area contributed by atoms with Crippen molar-refractivity contribution in [1.29, 1.82) is 0 Å². The van der Waals surface area contributed by atoms with Gasteiger partial charge in [-0.05, 0) is 35.1 Å². The third-order valence-corrected chi connectivity index (χ3v) is 6.29. The van der Waals surface area contributed by atoms with Gasteiger partial charge in [-0.1, -0.05) is 54.6 Å². The SMILES string of the molecule is C=CCC(NC(=O)C1COC(CNC(=O)OCC2c3ccccc3-c3ccccc32)C1)C(=O)O. The van der Waals surface area contributed by atoms with Gasteiger partial charge < -0.3 is 25.2 Å². The van der Waals surface area contributed by atoms with Crippen LogP contribution in [0.2, 0.25) is 0 Å². The van der Waals surface area contributed by atoms with E-state index in [4.69, 9.17) is 9.47 Å². The van der Waals surface area contributed by atoms with Gasteiger partial charge in [-0.25, -0.2) is 9.59 Å². The second-order valence-corrected chi connectivity index (χ2v) is 8.52. The maximum absolute atomic E-state index is 12.4. The molecule has 0 spiro atoms. The molecule has 1 heterocycles. The van der Waals surface area contributed by atoms with Crippen LogP contribution in [0.25, 0.3) is 11.1 Å². The van der Waals surface area contributed by atoms with Crippen molar-refractivity contribution >= 4 is 18.0 Å². The highest BCUT2D eigenvalue weighted by Crippen LogP contribution is 2.44. The number of benzene rings is 2. The Morgan fingerprint density at radius 3 is 2.38 bits per heavy atom. The zero-order chi connectivity index (χ0) is 24.1. The average molecular weight is 465 g/mol. The first kappa shape index (κ1) is 23.5. The van der Waals surface area contributed by atoms with Crippen LogP contribution in [-0.2, 0) is 19.1 Å². The Bertz CT molecular complexity index is 1040. The largest absolute Gasteiger partial charge is 0.480 e. The summed E-state index contributed by atoms with van der Waals surface area (Å²) in [6.07, 6.45) is 1.08. The van der Waals surface area contributed by atoms with Crippen molar-refractivity contribution in [2.75, 3.05) is 19.8 Å². The predicted molar refractivity (Wildman–Crippen MR) is 125 cm³/mol. The average Bonchev–Trinajstić information content (AvgIpc) is 3.44. The molecule has 3 N–H and O–H groups in total. The number of rotatable bonds is 9. The highest BCUT2D eigenvalue weighted by Gasteiger charge is 2.33. The fraction of sp³-hybridized carbons (Fsp3) is 0.346. The molecular formula is C26H28N2O6. The lowest BCUT2D eigenvalue weighted by Gasteiger charge is -2.16. The van der Waals surface area contributed by atoms with E-state index in [2.05, 4.69) is 41.5 Å². The molecule has 1 saturated heterocycles. The number of hydrogen-bond donors (Lipinski definition) is 3. The van der Waals surface area contributed by atoms with E-state index in [0.29, 0.717) is 6.42 Å². The van der Waals surface area contributed by atoms with Crippen molar-refractivity contribution in [3.63, 3.8) is 0 Å². The quantitative estimate of drug-likeness (QED) is 0.492. The predicted octanol–water partition coefficient (Wildman–Crippen LogP) is 3.08. The lowest BCUT2D eigenvalue weighted by molar-refractivity contribution is -0.142. The molecule has 2 aromatic rings. The zero-order valence-electron chi connectivity index (χ0n) is 18.7. The van der Waals surface area contributed by atoms with E-state index in [-0.39, 0.29) is 44.1 Å². The highest BCUT2D eigenvalue weighted by atomic mass is 16.5. The van der Waals surface area contributed by atoms with Gasteiger partial charge in [0.15, 0.2) is 0 Å². The zero-order valence-corrected chi connectivity index (χ0v) is 18.7. The number of fused-ring (bicyclic) bond motifs is 3. The first-order valence-electron chi connectivity index (χ1n) is 11.3. The second kappa shape index (κ2) is 10.5. The van der Waals surface area contributed by atoms with Crippen molar-refractivity contribution in [2.45, 2.75) is 30.9 Å². The molecule has 34 heavy (non-hydrogen) atoms. The minimum atomic E-state index is -1.11. The standard InChI is InChI=1S/C26H28N2O6/c1-2-7-23(25(30)31)28-24(29)16-12-17(33-14-16)13-27-26(32)34-15-22-20-10-5-3-8-18(20)19-9-4-6-11-21(19)22/h2-6,8-11,16-17,22-23H,1,7,12-15H2,(H,27,32)(H,28,29)(H,30,31). The summed E-state index contributed by atoms with van der Waals surface area (Å²) in [6.45, 7) is 4.10. The summed E-state index contributed by atoms with van der Waals surface area (Å²) in [6, 6.07) is 15.2. The molecule has 2 aliphatic rings. The van der Waals surface area contributed by atoms with Gasteiger partial charge in [-0.2, -0.15) is 0 Å². The monoisotopic (exact) mass is 464 g/mol. The smallest absolute Gasteiger partial charge is 0.407 e. The third-order valence-electron chi connectivity index (χ3n) is 6.29. The number of carbonyl (C=O) groups is 3. The van der Waals surface area contributed by atoms with Crippen LogP contribution in [-0.4, -0.2) is 55.0 Å². The molecule has 3 unspecified atom stereocenters. The molecule has 4 rings (SSSR count). The molecule has 0 bridgehead atoms. The van der Waals surface area contributed by atoms with Crippen LogP contribution in [0, 0.1) is 5.92 Å². The van der Waals surface area contributed by atoms with Crippen LogP contribution in [0.15, 0.2) is 61.2 Å². The van der Waals surface area contributed by atoms with Crippen molar-refractivity contribution < 1.29 is 29.0 Å². The van der Waals surface area contributed by atoms with Crippen molar-refractivity contribution in [2.24, 2.45) is 5.92 Å². The number of ether oxygens (including phenoxy) is 2. The molecule has 8 heteroatoms. The molecule has 0 radical (unpaired) electrons. The van der Waals surface area contributed by atoms with Gasteiger partial charge in [0.05, 0.1) is 18.6 Å². The number of aliphatic carboxylic acids is 1. The minimum Gasteiger partial charge on any atom is -0.480 e. The Morgan fingerprint density at radius 2 is 1.76 bits per heavy atom. The molecule has 2 amide bonds. The van der Waals surface area contributed by atoms with E-state index in [1.54, 1.807) is 0 Å². The first-order valence-corrected chi connectivity index (χ1v) is 11.3. The first-order chi connectivity index (χ1) is 16.5. The van der Waals surface area contributed by atoms with Crippen LogP contribution in [0.4, 0.5) is 4.79 Å². The van der Waals surface area contributed by atoms with Crippen molar-refractivity contribution in [1.82, 2.24) is 10.6 Å². The number of hydrogen-bond acceptors (Lipinski definition) is 5. The number of carboxylic acids is 1. The number of carbonyl (C=O) groups excluding carboxylic acids is 2. The van der Waals surface area contributed by atoms with Crippen molar-refractivity contribution in [3.8, 4) is 11.1 Å². The topological polar surface area (TPSA) is 114 Å². The van der Waals surface area contributed by atoms with Gasteiger partial charge in [0, 0.05) is 12.5 Å². The summed E-state index contributed by atoms with van der Waals surface area (Å²) in [5.41, 5.74) is 4.60. The fourth-order valence-electron chi connectivity index (χ4n) is 4.55. The number of alkyl carbamates (subject to hydrolysis) is 1. The maximum Gasteiger partial charge on any atom is 0.407 e. The minimum absolute atomic E-state index is 0.0216. The van der Waals surface area contributed by atoms with Gasteiger partial charge in [-0.15, -0.1) is 6.58 Å². The van der Waals surface area contributed by atoms with Gasteiger partial charge in [0.2, 0.25) is 5.91 Å². The fourth-order valence-corrected chi connectivity index (χ4v) is 4.55. The van der Waals surface area contributed by atoms with E-state index >= 15 is 0 Å². The number of carboxylic acid groups (broad SMARTS) is 1. The second-order valence-electron chi connectivity index (χ2n) is 8.52. The molecule has 8 nitrogen and oxygen atoms in total. The molecule has 1 aliphatic heterocycles. The lowest BCUT2D eigenvalue weighted by Crippen LogP contribution is -2.43. The summed E-state index contributed by atoms with van der Waals surface area (Å²) in [4.78, 5) is 35.9. The van der Waals surface area contributed by atoms with E-state index in [1.165, 1.54) is 6.08 Å². The molecule has 0 aromatic heterocycles. The summed E-state index contributed by atoms with van der Waals surface area (Å²) in [7, 11) is 0. The van der Waals surface area contributed by atoms with Gasteiger partial charge >= 0.3 is 12.1 Å². The molecule has 1 fully saturated rings.